The predicted molar refractivity (Wildman–Crippen MR) is 130 cm³/mol. The van der Waals surface area contributed by atoms with Crippen molar-refractivity contribution in [1.29, 1.82) is 0 Å². The Morgan fingerprint density at radius 3 is 2.34 bits per heavy atom. The Balaban J connectivity index is 1.74. The van der Waals surface area contributed by atoms with Gasteiger partial charge in [0.05, 0.1) is 30.5 Å². The molecule has 0 saturated heterocycles. The monoisotopic (exact) mass is 496 g/mol. The Hall–Kier alpha value is -4.12. The molecule has 2 heterocycles. The molecule has 182 valence electrons. The summed E-state index contributed by atoms with van der Waals surface area (Å²) >= 11 is 0. The standard InChI is InChI=1S/C24H24N4O6S/c1-14-6-7-17(19-9-11-23(29)28(25-19)24-15(2)26-34-16(24)3)12-22(14)35(30,31)27-18-8-10-20(32-4)21(13-18)33-5/h6-13,27H,1-5H3. The Morgan fingerprint density at radius 2 is 1.69 bits per heavy atom. The topological polar surface area (TPSA) is 126 Å². The van der Waals surface area contributed by atoms with Crippen LogP contribution in [0.5, 0.6) is 11.5 Å². The number of hydrogen-bond donors (Lipinski definition) is 1. The van der Waals surface area contributed by atoms with Gasteiger partial charge in [0.2, 0.25) is 0 Å². The fourth-order valence-electron chi connectivity index (χ4n) is 3.66. The summed E-state index contributed by atoms with van der Waals surface area (Å²) in [4.78, 5) is 12.6. The molecule has 0 aliphatic heterocycles. The van der Waals surface area contributed by atoms with Gasteiger partial charge in [-0.15, -0.1) is 0 Å². The molecule has 10 nitrogen and oxygen atoms in total. The van der Waals surface area contributed by atoms with Crippen LogP contribution in [0.25, 0.3) is 16.9 Å². The van der Waals surface area contributed by atoms with Crippen molar-refractivity contribution in [3.05, 3.63) is 75.9 Å². The van der Waals surface area contributed by atoms with Gasteiger partial charge in [0.25, 0.3) is 15.6 Å². The zero-order chi connectivity index (χ0) is 25.3. The zero-order valence-corrected chi connectivity index (χ0v) is 20.6. The van der Waals surface area contributed by atoms with Crippen LogP contribution in [0.3, 0.4) is 0 Å². The van der Waals surface area contributed by atoms with Gasteiger partial charge in [-0.2, -0.15) is 9.78 Å². The maximum atomic E-state index is 13.3. The molecule has 0 aliphatic carbocycles. The van der Waals surface area contributed by atoms with Crippen molar-refractivity contribution in [2.75, 3.05) is 18.9 Å². The first-order valence-electron chi connectivity index (χ1n) is 10.5. The molecule has 2 aromatic carbocycles. The number of sulfonamides is 1. The molecule has 2 aromatic heterocycles. The van der Waals surface area contributed by atoms with Crippen molar-refractivity contribution in [2.45, 2.75) is 25.7 Å². The third-order valence-corrected chi connectivity index (χ3v) is 6.94. The second-order valence-electron chi connectivity index (χ2n) is 7.80. The van der Waals surface area contributed by atoms with E-state index < -0.39 is 10.0 Å². The molecule has 0 atom stereocenters. The minimum atomic E-state index is -3.96. The molecule has 0 unspecified atom stereocenters. The number of aryl methyl sites for hydroxylation is 3. The summed E-state index contributed by atoms with van der Waals surface area (Å²) in [6.07, 6.45) is 0. The highest BCUT2D eigenvalue weighted by Crippen LogP contribution is 2.32. The van der Waals surface area contributed by atoms with E-state index in [2.05, 4.69) is 15.0 Å². The zero-order valence-electron chi connectivity index (χ0n) is 19.8. The first-order valence-corrected chi connectivity index (χ1v) is 12.0. The number of nitrogens with one attached hydrogen (secondary N) is 1. The van der Waals surface area contributed by atoms with Crippen molar-refractivity contribution in [1.82, 2.24) is 14.9 Å². The lowest BCUT2D eigenvalue weighted by atomic mass is 10.1. The van der Waals surface area contributed by atoms with Crippen molar-refractivity contribution >= 4 is 15.7 Å². The molecule has 1 N–H and O–H groups in total. The maximum absolute atomic E-state index is 13.3. The number of rotatable bonds is 7. The van der Waals surface area contributed by atoms with Crippen LogP contribution in [0.1, 0.15) is 17.0 Å². The molecule has 0 amide bonds. The van der Waals surface area contributed by atoms with E-state index in [4.69, 9.17) is 14.0 Å². The molecule has 0 bridgehead atoms. The summed E-state index contributed by atoms with van der Waals surface area (Å²) in [7, 11) is -0.991. The lowest BCUT2D eigenvalue weighted by Gasteiger charge is -2.14. The van der Waals surface area contributed by atoms with E-state index in [9.17, 15) is 13.2 Å². The summed E-state index contributed by atoms with van der Waals surface area (Å²) in [5.74, 6) is 1.32. The lowest BCUT2D eigenvalue weighted by molar-refractivity contribution is 0.355. The van der Waals surface area contributed by atoms with Crippen LogP contribution in [0.15, 0.2) is 62.7 Å². The molecule has 0 saturated carbocycles. The van der Waals surface area contributed by atoms with E-state index in [0.717, 1.165) is 0 Å². The lowest BCUT2D eigenvalue weighted by Crippen LogP contribution is -2.21. The molecule has 0 fully saturated rings. The van der Waals surface area contributed by atoms with Crippen LogP contribution in [0, 0.1) is 20.8 Å². The van der Waals surface area contributed by atoms with Crippen molar-refractivity contribution < 1.29 is 22.4 Å². The molecular formula is C24H24N4O6S. The third-order valence-electron chi connectivity index (χ3n) is 5.42. The van der Waals surface area contributed by atoms with E-state index in [1.807, 2.05) is 0 Å². The van der Waals surface area contributed by atoms with E-state index >= 15 is 0 Å². The molecule has 0 spiro atoms. The van der Waals surface area contributed by atoms with Gasteiger partial charge < -0.3 is 14.0 Å². The predicted octanol–water partition coefficient (Wildman–Crippen LogP) is 3.63. The number of anilines is 1. The molecule has 11 heteroatoms. The van der Waals surface area contributed by atoms with Gasteiger partial charge in [-0.05, 0) is 50.6 Å². The van der Waals surface area contributed by atoms with Gasteiger partial charge in [0.15, 0.2) is 17.3 Å². The molecule has 0 radical (unpaired) electrons. The van der Waals surface area contributed by atoms with Gasteiger partial charge in [-0.25, -0.2) is 8.42 Å². The normalized spacial score (nSPS) is 11.3. The van der Waals surface area contributed by atoms with Crippen LogP contribution >= 0.6 is 0 Å². The highest BCUT2D eigenvalue weighted by atomic mass is 32.2. The molecule has 4 aromatic rings. The van der Waals surface area contributed by atoms with E-state index in [-0.39, 0.29) is 10.5 Å². The largest absolute Gasteiger partial charge is 0.493 e. The molecule has 35 heavy (non-hydrogen) atoms. The fraction of sp³-hybridized carbons (Fsp3) is 0.208. The highest BCUT2D eigenvalue weighted by Gasteiger charge is 2.20. The van der Waals surface area contributed by atoms with Gasteiger partial charge in [0, 0.05) is 17.7 Å². The molecular weight excluding hydrogens is 472 g/mol. The number of methoxy groups -OCH3 is 2. The Morgan fingerprint density at radius 1 is 0.943 bits per heavy atom. The van der Waals surface area contributed by atoms with Crippen LogP contribution in [0.2, 0.25) is 0 Å². The summed E-state index contributed by atoms with van der Waals surface area (Å²) in [6, 6.07) is 12.6. The van der Waals surface area contributed by atoms with Crippen molar-refractivity contribution in [3.63, 3.8) is 0 Å². The Bertz CT molecular complexity index is 1550. The number of aromatic nitrogens is 3. The SMILES string of the molecule is COc1ccc(NS(=O)(=O)c2cc(-c3ccc(=O)n(-c4c(C)noc4C)n3)ccc2C)cc1OC. The second kappa shape index (κ2) is 9.26. The highest BCUT2D eigenvalue weighted by molar-refractivity contribution is 7.92. The van der Waals surface area contributed by atoms with E-state index in [0.29, 0.717) is 51.1 Å². The van der Waals surface area contributed by atoms with Crippen LogP contribution in [-0.4, -0.2) is 37.6 Å². The first-order chi connectivity index (χ1) is 16.6. The van der Waals surface area contributed by atoms with Crippen LogP contribution < -0.4 is 19.8 Å². The molecule has 0 aliphatic rings. The van der Waals surface area contributed by atoms with Gasteiger partial charge in [-0.3, -0.25) is 9.52 Å². The number of ether oxygens (including phenoxy) is 2. The minimum absolute atomic E-state index is 0.0710. The van der Waals surface area contributed by atoms with Gasteiger partial charge in [-0.1, -0.05) is 17.3 Å². The average Bonchev–Trinajstić information content (AvgIpc) is 3.17. The summed E-state index contributed by atoms with van der Waals surface area (Å²) in [6.45, 7) is 5.10. The Labute approximate surface area is 202 Å². The van der Waals surface area contributed by atoms with Gasteiger partial charge >= 0.3 is 0 Å². The average molecular weight is 497 g/mol. The van der Waals surface area contributed by atoms with Crippen LogP contribution in [-0.2, 0) is 10.0 Å². The number of nitrogens with zero attached hydrogens (tertiary/aromatic N) is 3. The second-order valence-corrected chi connectivity index (χ2v) is 9.45. The Kier molecular flexibility index (Phi) is 6.35. The first kappa shape index (κ1) is 24.0. The number of benzene rings is 2. The smallest absolute Gasteiger partial charge is 0.271 e. The summed E-state index contributed by atoms with van der Waals surface area (Å²) < 4.78 is 46.0. The van der Waals surface area contributed by atoms with Crippen LogP contribution in [0.4, 0.5) is 5.69 Å². The van der Waals surface area contributed by atoms with Gasteiger partial charge in [0.1, 0.15) is 11.4 Å². The van der Waals surface area contributed by atoms with Crippen molar-refractivity contribution in [2.24, 2.45) is 0 Å². The fourth-order valence-corrected chi connectivity index (χ4v) is 4.99. The summed E-state index contributed by atoms with van der Waals surface area (Å²) in [5.41, 5.74) is 2.39. The number of hydrogen-bond acceptors (Lipinski definition) is 8. The van der Waals surface area contributed by atoms with E-state index in [1.165, 1.54) is 37.1 Å². The van der Waals surface area contributed by atoms with E-state index in [1.54, 1.807) is 51.1 Å². The third kappa shape index (κ3) is 4.62. The minimum Gasteiger partial charge on any atom is -0.493 e. The molecule has 4 rings (SSSR count). The quantitative estimate of drug-likeness (QED) is 0.411. The summed E-state index contributed by atoms with van der Waals surface area (Å²) in [5, 5.41) is 8.32. The van der Waals surface area contributed by atoms with Crippen molar-refractivity contribution in [3.8, 4) is 28.4 Å². The maximum Gasteiger partial charge on any atom is 0.271 e.